The number of rotatable bonds is 8. The maximum atomic E-state index is 12.2. The lowest BCUT2D eigenvalue weighted by Crippen LogP contribution is -2.50. The van der Waals surface area contributed by atoms with E-state index >= 15 is 0 Å². The van der Waals surface area contributed by atoms with Crippen LogP contribution in [0.4, 0.5) is 0 Å². The Hall–Kier alpha value is -0.140. The van der Waals surface area contributed by atoms with E-state index in [1.54, 1.807) is 6.07 Å². The zero-order valence-corrected chi connectivity index (χ0v) is 21.3. The van der Waals surface area contributed by atoms with E-state index < -0.39 is 10.0 Å². The second-order valence-electron chi connectivity index (χ2n) is 6.77. The fraction of sp³-hybridized carbons (Fsp3) is 0.706. The van der Waals surface area contributed by atoms with Crippen LogP contribution in [-0.4, -0.2) is 64.1 Å². The Morgan fingerprint density at radius 1 is 1.36 bits per heavy atom. The van der Waals surface area contributed by atoms with Gasteiger partial charge in [-0.05, 0) is 45.7 Å². The molecule has 2 heterocycles. The van der Waals surface area contributed by atoms with Crippen LogP contribution in [0.3, 0.4) is 0 Å². The van der Waals surface area contributed by atoms with Crippen LogP contribution < -0.4 is 15.4 Å². The van der Waals surface area contributed by atoms with Crippen LogP contribution >= 0.6 is 46.9 Å². The fourth-order valence-corrected chi connectivity index (χ4v) is 5.48. The third-order valence-corrected chi connectivity index (χ3v) is 7.62. The molecular formula is C17H31ClIN5O2S2. The van der Waals surface area contributed by atoms with Crippen molar-refractivity contribution < 1.29 is 8.42 Å². The van der Waals surface area contributed by atoms with Crippen molar-refractivity contribution in [3.63, 3.8) is 0 Å². The van der Waals surface area contributed by atoms with E-state index in [9.17, 15) is 8.42 Å². The van der Waals surface area contributed by atoms with Gasteiger partial charge < -0.3 is 15.5 Å². The first-order chi connectivity index (χ1) is 12.8. The summed E-state index contributed by atoms with van der Waals surface area (Å²) in [6.07, 6.45) is 2.16. The van der Waals surface area contributed by atoms with E-state index in [4.69, 9.17) is 11.6 Å². The van der Waals surface area contributed by atoms with Crippen molar-refractivity contribution >= 4 is 62.9 Å². The molecular weight excluding hydrogens is 533 g/mol. The number of halogens is 2. The van der Waals surface area contributed by atoms with Crippen LogP contribution in [0.15, 0.2) is 21.3 Å². The molecule has 1 aromatic heterocycles. The maximum absolute atomic E-state index is 12.2. The summed E-state index contributed by atoms with van der Waals surface area (Å²) < 4.78 is 27.6. The second-order valence-corrected chi connectivity index (χ2v) is 10.5. The zero-order chi connectivity index (χ0) is 19.9. The number of hydrogen-bond acceptors (Lipinski definition) is 5. The number of nitrogens with one attached hydrogen (secondary N) is 3. The smallest absolute Gasteiger partial charge is 0.250 e. The van der Waals surface area contributed by atoms with Gasteiger partial charge in [-0.3, -0.25) is 4.99 Å². The topological polar surface area (TPSA) is 85.8 Å². The van der Waals surface area contributed by atoms with Gasteiger partial charge in [0, 0.05) is 38.3 Å². The highest BCUT2D eigenvalue weighted by atomic mass is 127. The average molecular weight is 564 g/mol. The predicted molar refractivity (Wildman–Crippen MR) is 129 cm³/mol. The molecule has 0 unspecified atom stereocenters. The van der Waals surface area contributed by atoms with Crippen molar-refractivity contribution in [2.45, 2.75) is 49.9 Å². The predicted octanol–water partition coefficient (Wildman–Crippen LogP) is 2.73. The second kappa shape index (κ2) is 12.5. The van der Waals surface area contributed by atoms with Gasteiger partial charge in [-0.15, -0.1) is 35.3 Å². The zero-order valence-electron chi connectivity index (χ0n) is 16.6. The molecule has 0 aliphatic carbocycles. The van der Waals surface area contributed by atoms with E-state index in [0.717, 1.165) is 49.8 Å². The van der Waals surface area contributed by atoms with E-state index in [1.165, 1.54) is 6.07 Å². The van der Waals surface area contributed by atoms with Gasteiger partial charge >= 0.3 is 0 Å². The van der Waals surface area contributed by atoms with Crippen molar-refractivity contribution in [1.82, 2.24) is 20.3 Å². The van der Waals surface area contributed by atoms with Gasteiger partial charge in [0.05, 0.1) is 10.9 Å². The van der Waals surface area contributed by atoms with Gasteiger partial charge in [0.2, 0.25) is 10.0 Å². The van der Waals surface area contributed by atoms with Gasteiger partial charge in [-0.1, -0.05) is 11.6 Å². The summed E-state index contributed by atoms with van der Waals surface area (Å²) in [7, 11) is -3.52. The third-order valence-electron chi connectivity index (χ3n) is 4.43. The Balaban J connectivity index is 0.00000392. The number of nitrogens with zero attached hydrogens (tertiary/aromatic N) is 2. The number of sulfonamides is 1. The highest BCUT2D eigenvalue weighted by Crippen LogP contribution is 2.25. The first-order valence-electron chi connectivity index (χ1n) is 9.35. The summed E-state index contributed by atoms with van der Waals surface area (Å²) in [5.74, 6) is 0.735. The Bertz CT molecular complexity index is 719. The van der Waals surface area contributed by atoms with Crippen LogP contribution in [-0.2, 0) is 10.0 Å². The monoisotopic (exact) mass is 563 g/mol. The largest absolute Gasteiger partial charge is 0.357 e. The van der Waals surface area contributed by atoms with E-state index in [2.05, 4.69) is 39.1 Å². The lowest BCUT2D eigenvalue weighted by atomic mass is 10.0. The summed E-state index contributed by atoms with van der Waals surface area (Å²) >= 11 is 6.85. The van der Waals surface area contributed by atoms with Gasteiger partial charge in [-0.25, -0.2) is 13.1 Å². The Morgan fingerprint density at radius 3 is 2.57 bits per heavy atom. The molecule has 1 aliphatic rings. The molecule has 2 rings (SSSR count). The number of thiophene rings is 1. The Kier molecular flexibility index (Phi) is 11.6. The summed E-state index contributed by atoms with van der Waals surface area (Å²) in [6.45, 7) is 9.99. The lowest BCUT2D eigenvalue weighted by molar-refractivity contribution is 0.167. The summed E-state index contributed by atoms with van der Waals surface area (Å²) in [6, 6.07) is 4.06. The highest BCUT2D eigenvalue weighted by molar-refractivity contribution is 14.0. The molecule has 28 heavy (non-hydrogen) atoms. The van der Waals surface area contributed by atoms with Crippen LogP contribution in [0.1, 0.15) is 33.6 Å². The summed E-state index contributed by atoms with van der Waals surface area (Å²) in [4.78, 5) is 6.97. The van der Waals surface area contributed by atoms with E-state index in [1.807, 2.05) is 6.92 Å². The normalized spacial score (nSPS) is 16.8. The average Bonchev–Trinajstić information content (AvgIpc) is 3.07. The molecule has 11 heteroatoms. The molecule has 3 N–H and O–H groups in total. The molecule has 0 bridgehead atoms. The minimum absolute atomic E-state index is 0. The first kappa shape index (κ1) is 25.9. The molecule has 0 saturated carbocycles. The molecule has 1 fully saturated rings. The van der Waals surface area contributed by atoms with Crippen molar-refractivity contribution in [2.75, 3.05) is 32.7 Å². The Morgan fingerprint density at radius 2 is 2.04 bits per heavy atom. The minimum atomic E-state index is -3.52. The van der Waals surface area contributed by atoms with Crippen molar-refractivity contribution in [1.29, 1.82) is 0 Å². The van der Waals surface area contributed by atoms with E-state index in [0.29, 0.717) is 23.0 Å². The standard InChI is InChI=1S/C17H30ClN5O2S2.HI/c1-4-19-17(22-14-7-11-23(12-8-14)13(2)3)20-9-10-21-27(24,25)16-6-5-15(18)26-16;/h5-6,13-14,21H,4,7-12H2,1-3H3,(H2,19,20,22);1H. The van der Waals surface area contributed by atoms with Gasteiger partial charge in [0.25, 0.3) is 0 Å². The van der Waals surface area contributed by atoms with Crippen molar-refractivity contribution in [2.24, 2.45) is 4.99 Å². The first-order valence-corrected chi connectivity index (χ1v) is 12.0. The third kappa shape index (κ3) is 8.31. The number of guanidine groups is 1. The van der Waals surface area contributed by atoms with Crippen molar-refractivity contribution in [3.05, 3.63) is 16.5 Å². The number of likely N-dealkylation sites (tertiary alicyclic amines) is 1. The quantitative estimate of drug-likeness (QED) is 0.196. The minimum Gasteiger partial charge on any atom is -0.357 e. The molecule has 1 aromatic rings. The van der Waals surface area contributed by atoms with Crippen LogP contribution in [0.25, 0.3) is 0 Å². The van der Waals surface area contributed by atoms with Crippen LogP contribution in [0, 0.1) is 0 Å². The van der Waals surface area contributed by atoms with Gasteiger partial charge in [-0.2, -0.15) is 0 Å². The summed E-state index contributed by atoms with van der Waals surface area (Å²) in [5, 5.41) is 6.70. The SMILES string of the molecule is CCNC(=NCCNS(=O)(=O)c1ccc(Cl)s1)NC1CCN(C(C)C)CC1.I. The van der Waals surface area contributed by atoms with Gasteiger partial charge in [0.1, 0.15) is 4.21 Å². The number of hydrogen-bond donors (Lipinski definition) is 3. The molecule has 0 aromatic carbocycles. The van der Waals surface area contributed by atoms with Crippen molar-refractivity contribution in [3.8, 4) is 0 Å². The molecule has 1 saturated heterocycles. The summed E-state index contributed by atoms with van der Waals surface area (Å²) in [5.41, 5.74) is 0. The number of piperidine rings is 1. The molecule has 0 atom stereocenters. The fourth-order valence-electron chi connectivity index (χ4n) is 2.93. The molecule has 162 valence electrons. The molecule has 7 nitrogen and oxygen atoms in total. The molecule has 1 aliphatic heterocycles. The maximum Gasteiger partial charge on any atom is 0.250 e. The molecule has 0 spiro atoms. The highest BCUT2D eigenvalue weighted by Gasteiger charge is 2.21. The molecule has 0 radical (unpaired) electrons. The number of aliphatic imine (C=N–C) groups is 1. The van der Waals surface area contributed by atoms with Gasteiger partial charge in [0.15, 0.2) is 5.96 Å². The Labute approximate surface area is 194 Å². The van der Waals surface area contributed by atoms with Crippen LogP contribution in [0.5, 0.6) is 0 Å². The molecule has 0 amide bonds. The van der Waals surface area contributed by atoms with Crippen LogP contribution in [0.2, 0.25) is 4.34 Å². The lowest BCUT2D eigenvalue weighted by Gasteiger charge is -2.35. The van der Waals surface area contributed by atoms with E-state index in [-0.39, 0.29) is 34.7 Å².